The Kier molecular flexibility index (Phi) is 8.21. The number of carbonyl (C=O) groups excluding carboxylic acids is 1. The van der Waals surface area contributed by atoms with Crippen LogP contribution in [0.15, 0.2) is 87.8 Å². The lowest BCUT2D eigenvalue weighted by molar-refractivity contribution is -0.113. The fourth-order valence-electron chi connectivity index (χ4n) is 4.73. The zero-order valence-corrected chi connectivity index (χ0v) is 24.0. The molecule has 0 saturated carbocycles. The van der Waals surface area contributed by atoms with Crippen LogP contribution < -0.4 is 34.4 Å². The Bertz CT molecular complexity index is 1860. The quantitative estimate of drug-likeness (QED) is 0.318. The van der Waals surface area contributed by atoms with Crippen LogP contribution in [0.2, 0.25) is 0 Å². The number of benzene rings is 3. The molecule has 0 radical (unpaired) electrons. The van der Waals surface area contributed by atoms with Crippen LogP contribution >= 0.6 is 11.3 Å². The summed E-state index contributed by atoms with van der Waals surface area (Å²) in [4.78, 5) is 32.8. The largest absolute Gasteiger partial charge is 0.497 e. The van der Waals surface area contributed by atoms with Crippen LogP contribution in [0.5, 0.6) is 17.2 Å². The molecule has 4 aromatic rings. The van der Waals surface area contributed by atoms with E-state index in [9.17, 15) is 18.4 Å². The van der Waals surface area contributed by atoms with Gasteiger partial charge in [0.15, 0.2) is 16.3 Å². The Morgan fingerprint density at radius 2 is 1.76 bits per heavy atom. The van der Waals surface area contributed by atoms with Crippen molar-refractivity contribution in [2.45, 2.75) is 26.5 Å². The molecule has 0 fully saturated rings. The molecule has 0 spiro atoms. The molecule has 5 rings (SSSR count). The van der Waals surface area contributed by atoms with Gasteiger partial charge in [0.25, 0.3) is 11.5 Å². The zero-order valence-electron chi connectivity index (χ0n) is 23.2. The number of hydrogen-bond acceptors (Lipinski definition) is 7. The van der Waals surface area contributed by atoms with E-state index in [0.717, 1.165) is 16.9 Å². The predicted molar refractivity (Wildman–Crippen MR) is 156 cm³/mol. The minimum atomic E-state index is -3.01. The molecular weight excluding hydrogens is 564 g/mol. The number of alkyl halides is 2. The number of allylic oxidation sites excluding steroid dienone is 1. The number of carbonyl (C=O) groups is 1. The maximum absolute atomic E-state index is 13.9. The predicted octanol–water partition coefficient (Wildman–Crippen LogP) is 4.80. The van der Waals surface area contributed by atoms with Crippen molar-refractivity contribution in [1.29, 1.82) is 0 Å². The minimum absolute atomic E-state index is 0.0962. The van der Waals surface area contributed by atoms with Gasteiger partial charge in [0.1, 0.15) is 5.75 Å². The fourth-order valence-corrected chi connectivity index (χ4v) is 5.78. The van der Waals surface area contributed by atoms with E-state index in [0.29, 0.717) is 43.2 Å². The first kappa shape index (κ1) is 28.7. The second-order valence-corrected chi connectivity index (χ2v) is 10.4. The molecule has 216 valence electrons. The number of anilines is 1. The number of aromatic nitrogens is 1. The Hall–Kier alpha value is -4.77. The molecule has 1 aliphatic rings. The lowest BCUT2D eigenvalue weighted by atomic mass is 9.95. The normalized spacial score (nSPS) is 14.8. The fraction of sp³-hybridized carbons (Fsp3) is 0.194. The zero-order chi connectivity index (χ0) is 30.0. The molecule has 42 heavy (non-hydrogen) atoms. The summed E-state index contributed by atoms with van der Waals surface area (Å²) in [7, 11) is 2.90. The summed E-state index contributed by atoms with van der Waals surface area (Å²) in [5.41, 5.74) is 3.23. The average molecular weight is 592 g/mol. The molecular formula is C31H27F2N3O5S. The smallest absolute Gasteiger partial charge is 0.387 e. The summed E-state index contributed by atoms with van der Waals surface area (Å²) in [5, 5.41) is 2.98. The van der Waals surface area contributed by atoms with E-state index in [2.05, 4.69) is 15.0 Å². The van der Waals surface area contributed by atoms with Crippen molar-refractivity contribution in [3.05, 3.63) is 114 Å². The van der Waals surface area contributed by atoms with Crippen LogP contribution in [-0.4, -0.2) is 31.3 Å². The number of hydrogen-bond donors (Lipinski definition) is 1. The van der Waals surface area contributed by atoms with Crippen molar-refractivity contribution in [2.24, 2.45) is 4.99 Å². The van der Waals surface area contributed by atoms with E-state index >= 15 is 0 Å². The van der Waals surface area contributed by atoms with Crippen LogP contribution in [0.3, 0.4) is 0 Å². The number of ether oxygens (including phenoxy) is 3. The summed E-state index contributed by atoms with van der Waals surface area (Å²) in [6.07, 6.45) is 1.62. The third kappa shape index (κ3) is 5.68. The molecule has 2 heterocycles. The van der Waals surface area contributed by atoms with Gasteiger partial charge in [-0.15, -0.1) is 0 Å². The Morgan fingerprint density at radius 3 is 2.43 bits per heavy atom. The van der Waals surface area contributed by atoms with Gasteiger partial charge in [-0.3, -0.25) is 14.2 Å². The van der Waals surface area contributed by atoms with Gasteiger partial charge in [-0.25, -0.2) is 4.99 Å². The molecule has 11 heteroatoms. The van der Waals surface area contributed by atoms with E-state index in [1.807, 2.05) is 43.3 Å². The van der Waals surface area contributed by atoms with Gasteiger partial charge in [0.05, 0.1) is 36.1 Å². The van der Waals surface area contributed by atoms with Gasteiger partial charge in [0, 0.05) is 5.69 Å². The molecule has 1 aromatic heterocycles. The summed E-state index contributed by atoms with van der Waals surface area (Å²) in [6, 6.07) is 18.2. The standard InChI is InChI=1S/C31H27F2N3O5S/c1-17-7-5-6-8-22(17)35-28(37)26-18(2)34-31-36(27(26)20-10-12-21(39-3)13-11-20)29(38)25(42-31)16-19-9-14-23(41-30(32)33)24(15-19)40-4/h5-16,27,30H,1-4H3,(H,35,37)/b25-16-. The molecule has 0 saturated heterocycles. The molecule has 1 atom stereocenters. The maximum atomic E-state index is 13.9. The molecule has 3 aromatic carbocycles. The number of methoxy groups -OCH3 is 2. The molecule has 8 nitrogen and oxygen atoms in total. The lowest BCUT2D eigenvalue weighted by Gasteiger charge is -2.25. The summed E-state index contributed by atoms with van der Waals surface area (Å²) < 4.78 is 42.4. The Balaban J connectivity index is 1.63. The highest BCUT2D eigenvalue weighted by Gasteiger charge is 2.32. The third-order valence-electron chi connectivity index (χ3n) is 6.79. The Morgan fingerprint density at radius 1 is 1.02 bits per heavy atom. The molecule has 1 amide bonds. The van der Waals surface area contributed by atoms with Gasteiger partial charge in [-0.2, -0.15) is 8.78 Å². The van der Waals surface area contributed by atoms with Crippen LogP contribution in [0.25, 0.3) is 6.08 Å². The van der Waals surface area contributed by atoms with E-state index in [-0.39, 0.29) is 23.0 Å². The Labute approximate surface area is 243 Å². The number of fused-ring (bicyclic) bond motifs is 1. The number of halogens is 2. The second-order valence-electron chi connectivity index (χ2n) is 9.41. The van der Waals surface area contributed by atoms with E-state index in [1.165, 1.54) is 23.8 Å². The number of para-hydroxylation sites is 1. The van der Waals surface area contributed by atoms with Crippen molar-refractivity contribution in [3.63, 3.8) is 0 Å². The molecule has 1 N–H and O–H groups in total. The first-order chi connectivity index (χ1) is 20.2. The number of aryl methyl sites for hydroxylation is 1. The summed E-state index contributed by atoms with van der Waals surface area (Å²) in [5.74, 6) is 0.232. The van der Waals surface area contributed by atoms with E-state index in [4.69, 9.17) is 9.47 Å². The van der Waals surface area contributed by atoms with Crippen molar-refractivity contribution in [2.75, 3.05) is 19.5 Å². The highest BCUT2D eigenvalue weighted by atomic mass is 32.1. The number of nitrogens with zero attached hydrogens (tertiary/aromatic N) is 2. The van der Waals surface area contributed by atoms with Gasteiger partial charge in [0.2, 0.25) is 0 Å². The van der Waals surface area contributed by atoms with Crippen molar-refractivity contribution in [1.82, 2.24) is 4.57 Å². The monoisotopic (exact) mass is 591 g/mol. The van der Waals surface area contributed by atoms with Crippen LogP contribution in [0.4, 0.5) is 14.5 Å². The number of amides is 1. The van der Waals surface area contributed by atoms with Gasteiger partial charge < -0.3 is 19.5 Å². The molecule has 0 aliphatic carbocycles. The van der Waals surface area contributed by atoms with Gasteiger partial charge in [-0.1, -0.05) is 47.7 Å². The van der Waals surface area contributed by atoms with Gasteiger partial charge in [-0.05, 0) is 66.9 Å². The van der Waals surface area contributed by atoms with Crippen molar-refractivity contribution >= 4 is 29.0 Å². The first-order valence-electron chi connectivity index (χ1n) is 12.9. The maximum Gasteiger partial charge on any atom is 0.387 e. The molecule has 1 aliphatic heterocycles. The van der Waals surface area contributed by atoms with Crippen molar-refractivity contribution < 1.29 is 27.8 Å². The second kappa shape index (κ2) is 12.0. The van der Waals surface area contributed by atoms with E-state index in [1.54, 1.807) is 38.3 Å². The van der Waals surface area contributed by atoms with Crippen LogP contribution in [0.1, 0.15) is 29.7 Å². The number of rotatable bonds is 8. The lowest BCUT2D eigenvalue weighted by Crippen LogP contribution is -2.40. The summed E-state index contributed by atoms with van der Waals surface area (Å²) in [6.45, 7) is 0.632. The minimum Gasteiger partial charge on any atom is -0.497 e. The van der Waals surface area contributed by atoms with Gasteiger partial charge >= 0.3 is 6.61 Å². The molecule has 1 unspecified atom stereocenters. The van der Waals surface area contributed by atoms with E-state index < -0.39 is 12.7 Å². The van der Waals surface area contributed by atoms with Crippen LogP contribution in [0, 0.1) is 6.92 Å². The average Bonchev–Trinajstić information content (AvgIpc) is 3.27. The third-order valence-corrected chi connectivity index (χ3v) is 7.78. The van der Waals surface area contributed by atoms with Crippen molar-refractivity contribution in [3.8, 4) is 17.2 Å². The topological polar surface area (TPSA) is 91.2 Å². The number of nitrogens with one attached hydrogen (secondary N) is 1. The summed E-state index contributed by atoms with van der Waals surface area (Å²) >= 11 is 1.16. The SMILES string of the molecule is COc1ccc(C2C(C(=O)Nc3ccccc3C)=C(C)N=c3s/c(=C\c4ccc(OC(F)F)c(OC)c4)c(=O)n32)cc1. The number of thiazole rings is 1. The highest BCUT2D eigenvalue weighted by molar-refractivity contribution is 7.07. The first-order valence-corrected chi connectivity index (χ1v) is 13.7. The highest BCUT2D eigenvalue weighted by Crippen LogP contribution is 2.32. The van der Waals surface area contributed by atoms with Crippen LogP contribution in [-0.2, 0) is 4.79 Å². The molecule has 0 bridgehead atoms.